The van der Waals surface area contributed by atoms with E-state index in [1.165, 1.54) is 0 Å². The lowest BCUT2D eigenvalue weighted by Crippen LogP contribution is -2.14. The van der Waals surface area contributed by atoms with Gasteiger partial charge in [-0.25, -0.2) is 29.9 Å². The SMILES string of the molecule is Cc1ccc2c(c1)c1ccccc1n2-c1c(-c2nc(-c3ccccc3)nc(-c3ccccc3)n2)cc(-n2c3ccccc3c3ccccc32)c(-n2c3ccccc3c3ccccc32)c1-c1nc(-c2ccccc2)nc(-c2ccccc2)n1. The zero-order chi connectivity index (χ0) is 54.3. The summed E-state index contributed by atoms with van der Waals surface area (Å²) in [6.07, 6.45) is 0. The normalized spacial score (nSPS) is 11.7. The minimum Gasteiger partial charge on any atom is -0.308 e. The third-order valence-electron chi connectivity index (χ3n) is 15.8. The highest BCUT2D eigenvalue weighted by molar-refractivity contribution is 6.15. The molecule has 0 bridgehead atoms. The fourth-order valence-electron chi connectivity index (χ4n) is 12.2. The molecule has 0 aliphatic heterocycles. The Morgan fingerprint density at radius 2 is 0.549 bits per heavy atom. The molecular formula is C73H47N9. The van der Waals surface area contributed by atoms with Gasteiger partial charge >= 0.3 is 0 Å². The van der Waals surface area contributed by atoms with E-state index in [9.17, 15) is 0 Å². The van der Waals surface area contributed by atoms with Gasteiger partial charge in [0.05, 0.1) is 55.7 Å². The molecule has 0 N–H and O–H groups in total. The monoisotopic (exact) mass is 1050 g/mol. The molecule has 0 unspecified atom stereocenters. The van der Waals surface area contributed by atoms with Crippen molar-refractivity contribution in [2.24, 2.45) is 0 Å². The zero-order valence-corrected chi connectivity index (χ0v) is 44.4. The first kappa shape index (κ1) is 46.9. The van der Waals surface area contributed by atoms with Gasteiger partial charge in [0.15, 0.2) is 34.9 Å². The first-order valence-electron chi connectivity index (χ1n) is 27.5. The molecule has 0 aliphatic rings. The highest BCUT2D eigenvalue weighted by Gasteiger charge is 2.33. The Bertz CT molecular complexity index is 4940. The van der Waals surface area contributed by atoms with E-state index in [4.69, 9.17) is 29.9 Å². The largest absolute Gasteiger partial charge is 0.308 e. The standard InChI is InChI=1S/C73H47N9/c1-46-42-43-63-56(44-46)55-36-18-23-41-62(55)81(63)66-57(72-76-68(47-24-6-2-7-25-47)74-69(77-72)48-26-8-3-9-27-48)45-64(80-58-37-19-14-32-51(58)52-33-15-20-38-59(52)80)67(82-60-39-21-16-34-53(60)54-35-17-22-40-61(54)82)65(66)73-78-70(49-28-10-4-11-29-49)75-71(79-73)50-30-12-5-13-31-50/h2-45H,1H3. The predicted octanol–water partition coefficient (Wildman–Crippen LogP) is 17.7. The average molecular weight is 1050 g/mol. The van der Waals surface area contributed by atoms with Crippen LogP contribution in [-0.2, 0) is 0 Å². The van der Waals surface area contributed by atoms with Crippen LogP contribution in [0.15, 0.2) is 267 Å². The van der Waals surface area contributed by atoms with Crippen LogP contribution in [0.2, 0.25) is 0 Å². The van der Waals surface area contributed by atoms with Gasteiger partial charge in [-0.1, -0.05) is 224 Å². The summed E-state index contributed by atoms with van der Waals surface area (Å²) in [5, 5.41) is 6.66. The van der Waals surface area contributed by atoms with Crippen LogP contribution in [0.4, 0.5) is 0 Å². The Morgan fingerprint density at radius 1 is 0.244 bits per heavy atom. The lowest BCUT2D eigenvalue weighted by atomic mass is 9.98. The van der Waals surface area contributed by atoms with Crippen molar-refractivity contribution >= 4 is 65.4 Å². The average Bonchev–Trinajstić information content (AvgIpc) is 3.29. The first-order chi connectivity index (χ1) is 40.6. The summed E-state index contributed by atoms with van der Waals surface area (Å²) in [5.41, 5.74) is 14.6. The molecule has 384 valence electrons. The molecule has 9 nitrogen and oxygen atoms in total. The Morgan fingerprint density at radius 3 is 0.951 bits per heavy atom. The Hall–Kier alpha value is -11.2. The van der Waals surface area contributed by atoms with Crippen LogP contribution >= 0.6 is 0 Å². The molecule has 0 radical (unpaired) electrons. The van der Waals surface area contributed by atoms with E-state index in [0.717, 1.165) is 121 Å². The Labute approximate surface area is 471 Å². The summed E-state index contributed by atoms with van der Waals surface area (Å²) in [6.45, 7) is 2.16. The molecule has 0 fully saturated rings. The van der Waals surface area contributed by atoms with Crippen LogP contribution in [0.1, 0.15) is 5.56 Å². The van der Waals surface area contributed by atoms with Gasteiger partial charge in [-0.05, 0) is 55.5 Å². The molecule has 9 heteroatoms. The van der Waals surface area contributed by atoms with Gasteiger partial charge in [0.1, 0.15) is 0 Å². The van der Waals surface area contributed by atoms with Gasteiger partial charge in [-0.3, -0.25) is 0 Å². The minimum absolute atomic E-state index is 0.460. The molecule has 0 spiro atoms. The fraction of sp³-hybridized carbons (Fsp3) is 0.0137. The number of para-hydroxylation sites is 5. The first-order valence-corrected chi connectivity index (χ1v) is 27.5. The molecule has 16 aromatic rings. The highest BCUT2D eigenvalue weighted by atomic mass is 15.1. The fourth-order valence-corrected chi connectivity index (χ4v) is 12.2. The van der Waals surface area contributed by atoms with Crippen molar-refractivity contribution in [3.05, 3.63) is 272 Å². The van der Waals surface area contributed by atoms with Gasteiger partial charge in [-0.2, -0.15) is 0 Å². The molecule has 0 aliphatic carbocycles. The quantitative estimate of drug-likeness (QED) is 0.143. The summed E-state index contributed by atoms with van der Waals surface area (Å²) in [6, 6.07) is 93.4. The summed E-state index contributed by atoms with van der Waals surface area (Å²) in [7, 11) is 0. The van der Waals surface area contributed by atoms with Gasteiger partial charge < -0.3 is 13.7 Å². The molecule has 16 rings (SSSR count). The predicted molar refractivity (Wildman–Crippen MR) is 334 cm³/mol. The summed E-state index contributed by atoms with van der Waals surface area (Å²) >= 11 is 0. The van der Waals surface area contributed by atoms with Crippen molar-refractivity contribution in [3.63, 3.8) is 0 Å². The number of aryl methyl sites for hydroxylation is 1. The summed E-state index contributed by atoms with van der Waals surface area (Å²) in [5.74, 6) is 3.07. The molecule has 11 aromatic carbocycles. The molecule has 82 heavy (non-hydrogen) atoms. The van der Waals surface area contributed by atoms with Crippen LogP contribution in [0.5, 0.6) is 0 Å². The van der Waals surface area contributed by atoms with E-state index in [-0.39, 0.29) is 0 Å². The molecule has 0 amide bonds. The summed E-state index contributed by atoms with van der Waals surface area (Å²) < 4.78 is 7.27. The number of rotatable bonds is 9. The van der Waals surface area contributed by atoms with Crippen molar-refractivity contribution < 1.29 is 0 Å². The number of nitrogens with zero attached hydrogens (tertiary/aromatic N) is 9. The Balaban J connectivity index is 1.21. The zero-order valence-electron chi connectivity index (χ0n) is 44.4. The molecule has 5 aromatic heterocycles. The van der Waals surface area contributed by atoms with Crippen LogP contribution in [-0.4, -0.2) is 43.6 Å². The maximum atomic E-state index is 5.78. The minimum atomic E-state index is 0.460. The highest BCUT2D eigenvalue weighted by Crippen LogP contribution is 2.50. The number of fused-ring (bicyclic) bond motifs is 9. The van der Waals surface area contributed by atoms with Gasteiger partial charge in [0, 0.05) is 60.1 Å². The maximum absolute atomic E-state index is 5.78. The van der Waals surface area contributed by atoms with Crippen LogP contribution < -0.4 is 0 Å². The number of benzene rings is 11. The lowest BCUT2D eigenvalue weighted by molar-refractivity contribution is 1.03. The molecule has 0 saturated heterocycles. The van der Waals surface area contributed by atoms with Gasteiger partial charge in [0.2, 0.25) is 0 Å². The maximum Gasteiger partial charge on any atom is 0.168 e. The van der Waals surface area contributed by atoms with Gasteiger partial charge in [0.25, 0.3) is 0 Å². The third kappa shape index (κ3) is 7.55. The van der Waals surface area contributed by atoms with Crippen molar-refractivity contribution in [3.8, 4) is 85.4 Å². The second kappa shape index (κ2) is 19.0. The number of aromatic nitrogens is 9. The van der Waals surface area contributed by atoms with Crippen LogP contribution in [0.25, 0.3) is 151 Å². The van der Waals surface area contributed by atoms with E-state index in [1.807, 2.05) is 72.8 Å². The van der Waals surface area contributed by atoms with E-state index < -0.39 is 0 Å². The topological polar surface area (TPSA) is 92.1 Å². The van der Waals surface area contributed by atoms with E-state index in [1.54, 1.807) is 0 Å². The van der Waals surface area contributed by atoms with E-state index in [2.05, 4.69) is 215 Å². The van der Waals surface area contributed by atoms with Gasteiger partial charge in [-0.15, -0.1) is 0 Å². The molecule has 0 saturated carbocycles. The number of hydrogen-bond acceptors (Lipinski definition) is 6. The van der Waals surface area contributed by atoms with E-state index >= 15 is 0 Å². The van der Waals surface area contributed by atoms with Crippen molar-refractivity contribution in [2.75, 3.05) is 0 Å². The second-order valence-corrected chi connectivity index (χ2v) is 20.7. The second-order valence-electron chi connectivity index (χ2n) is 20.7. The smallest absolute Gasteiger partial charge is 0.168 e. The summed E-state index contributed by atoms with van der Waals surface area (Å²) in [4.78, 5) is 33.5. The molecular weight excluding hydrogens is 1000 g/mol. The van der Waals surface area contributed by atoms with Crippen molar-refractivity contribution in [1.82, 2.24) is 43.6 Å². The third-order valence-corrected chi connectivity index (χ3v) is 15.8. The molecule has 0 atom stereocenters. The number of hydrogen-bond donors (Lipinski definition) is 0. The molecule has 5 heterocycles. The lowest BCUT2D eigenvalue weighted by Gasteiger charge is -2.26. The van der Waals surface area contributed by atoms with E-state index in [0.29, 0.717) is 34.9 Å². The van der Waals surface area contributed by atoms with Crippen LogP contribution in [0.3, 0.4) is 0 Å². The van der Waals surface area contributed by atoms with Crippen LogP contribution in [0, 0.1) is 6.92 Å². The van der Waals surface area contributed by atoms with Crippen molar-refractivity contribution in [2.45, 2.75) is 6.92 Å². The van der Waals surface area contributed by atoms with Crippen molar-refractivity contribution in [1.29, 1.82) is 0 Å². The Kier molecular flexibility index (Phi) is 10.9.